The molecule has 0 rings (SSSR count). The van der Waals surface area contributed by atoms with E-state index >= 15 is 0 Å². The highest BCUT2D eigenvalue weighted by Gasteiger charge is 1.99. The zero-order valence-corrected chi connectivity index (χ0v) is 4.33. The summed E-state index contributed by atoms with van der Waals surface area (Å²) >= 11 is 0. The lowest BCUT2D eigenvalue weighted by molar-refractivity contribution is 0.0948. The number of nitrogens with two attached hydrogens (primary N) is 1. The van der Waals surface area contributed by atoms with Gasteiger partial charge in [-0.2, -0.15) is 0 Å². The Labute approximate surface area is 42.8 Å². The molecule has 0 aliphatic carbocycles. The lowest BCUT2D eigenvalue weighted by Gasteiger charge is -2.04. The lowest BCUT2D eigenvalue weighted by atomic mass is 10.3. The van der Waals surface area contributed by atoms with E-state index in [0.29, 0.717) is 0 Å². The SMILES string of the molecule is C[C@@H](O)CC(N)O. The highest BCUT2D eigenvalue weighted by Crippen LogP contribution is 1.88. The summed E-state index contributed by atoms with van der Waals surface area (Å²) in [5, 5.41) is 16.8. The summed E-state index contributed by atoms with van der Waals surface area (Å²) in [5.41, 5.74) is 4.89. The van der Waals surface area contributed by atoms with Gasteiger partial charge in [-0.15, -0.1) is 0 Å². The maximum Gasteiger partial charge on any atom is 0.104 e. The minimum Gasteiger partial charge on any atom is -0.393 e. The Balaban J connectivity index is 2.95. The predicted octanol–water partition coefficient (Wildman–Crippen LogP) is -0.966. The van der Waals surface area contributed by atoms with Gasteiger partial charge >= 0.3 is 0 Å². The molecule has 2 atom stereocenters. The summed E-state index contributed by atoms with van der Waals surface area (Å²) in [6.07, 6.45) is -1.13. The van der Waals surface area contributed by atoms with Crippen molar-refractivity contribution in [3.8, 4) is 0 Å². The Morgan fingerprint density at radius 2 is 2.00 bits per heavy atom. The van der Waals surface area contributed by atoms with Gasteiger partial charge in [0, 0.05) is 6.42 Å². The number of aliphatic hydroxyl groups is 2. The van der Waals surface area contributed by atoms with Crippen LogP contribution in [0.4, 0.5) is 0 Å². The first-order valence-electron chi connectivity index (χ1n) is 2.24. The van der Waals surface area contributed by atoms with Crippen LogP contribution < -0.4 is 5.73 Å². The van der Waals surface area contributed by atoms with E-state index in [0.717, 1.165) is 0 Å². The van der Waals surface area contributed by atoms with Crippen molar-refractivity contribution in [3.05, 3.63) is 0 Å². The van der Waals surface area contributed by atoms with E-state index in [-0.39, 0.29) is 6.42 Å². The first kappa shape index (κ1) is 6.88. The average Bonchev–Trinajstić information content (AvgIpc) is 1.27. The normalized spacial score (nSPS) is 18.9. The molecular weight excluding hydrogens is 94.0 g/mol. The number of rotatable bonds is 2. The second-order valence-corrected chi connectivity index (χ2v) is 1.65. The van der Waals surface area contributed by atoms with E-state index < -0.39 is 12.3 Å². The molecule has 0 aromatic carbocycles. The smallest absolute Gasteiger partial charge is 0.104 e. The van der Waals surface area contributed by atoms with Gasteiger partial charge in [0.25, 0.3) is 0 Å². The van der Waals surface area contributed by atoms with Crippen LogP contribution in [0.15, 0.2) is 0 Å². The second kappa shape index (κ2) is 2.96. The molecule has 0 radical (unpaired) electrons. The van der Waals surface area contributed by atoms with Crippen molar-refractivity contribution < 1.29 is 10.2 Å². The molecule has 0 saturated heterocycles. The fraction of sp³-hybridized carbons (Fsp3) is 1.00. The molecule has 0 fully saturated rings. The molecule has 0 aliphatic heterocycles. The first-order valence-corrected chi connectivity index (χ1v) is 2.24. The Morgan fingerprint density at radius 3 is 2.00 bits per heavy atom. The summed E-state index contributed by atoms with van der Waals surface area (Å²) in [5.74, 6) is 0. The molecule has 0 amide bonds. The van der Waals surface area contributed by atoms with Gasteiger partial charge in [0.15, 0.2) is 0 Å². The van der Waals surface area contributed by atoms with E-state index in [4.69, 9.17) is 15.9 Å². The molecule has 0 spiro atoms. The van der Waals surface area contributed by atoms with Crippen molar-refractivity contribution in [2.75, 3.05) is 0 Å². The van der Waals surface area contributed by atoms with Crippen LogP contribution in [0.2, 0.25) is 0 Å². The van der Waals surface area contributed by atoms with Crippen molar-refractivity contribution in [1.29, 1.82) is 0 Å². The number of aliphatic hydroxyl groups excluding tert-OH is 2. The third-order valence-electron chi connectivity index (χ3n) is 0.583. The monoisotopic (exact) mass is 105 g/mol. The van der Waals surface area contributed by atoms with Gasteiger partial charge in [0.2, 0.25) is 0 Å². The minimum atomic E-state index is -0.875. The van der Waals surface area contributed by atoms with Crippen molar-refractivity contribution in [2.24, 2.45) is 5.73 Å². The number of hydrogen-bond donors (Lipinski definition) is 3. The summed E-state index contributed by atoms with van der Waals surface area (Å²) in [6.45, 7) is 1.58. The highest BCUT2D eigenvalue weighted by atomic mass is 16.3. The fourth-order valence-electron chi connectivity index (χ4n) is 0.349. The van der Waals surface area contributed by atoms with Crippen molar-refractivity contribution >= 4 is 0 Å². The Bertz CT molecular complexity index is 39.0. The van der Waals surface area contributed by atoms with Crippen LogP contribution >= 0.6 is 0 Å². The van der Waals surface area contributed by atoms with Crippen molar-refractivity contribution in [2.45, 2.75) is 25.7 Å². The van der Waals surface area contributed by atoms with Gasteiger partial charge in [0.1, 0.15) is 6.23 Å². The quantitative estimate of drug-likeness (QED) is 0.396. The summed E-state index contributed by atoms with van der Waals surface area (Å²) < 4.78 is 0. The predicted molar refractivity (Wildman–Crippen MR) is 26.5 cm³/mol. The van der Waals surface area contributed by atoms with Crippen LogP contribution in [0, 0.1) is 0 Å². The molecule has 7 heavy (non-hydrogen) atoms. The van der Waals surface area contributed by atoms with Gasteiger partial charge in [-0.1, -0.05) is 0 Å². The molecule has 44 valence electrons. The van der Waals surface area contributed by atoms with Gasteiger partial charge in [-0.25, -0.2) is 0 Å². The van der Waals surface area contributed by atoms with Crippen molar-refractivity contribution in [1.82, 2.24) is 0 Å². The maximum absolute atomic E-state index is 8.48. The van der Waals surface area contributed by atoms with Crippen LogP contribution in [-0.4, -0.2) is 22.5 Å². The fourth-order valence-corrected chi connectivity index (χ4v) is 0.349. The second-order valence-electron chi connectivity index (χ2n) is 1.65. The van der Waals surface area contributed by atoms with Crippen LogP contribution in [-0.2, 0) is 0 Å². The molecule has 0 aliphatic rings. The van der Waals surface area contributed by atoms with E-state index in [2.05, 4.69) is 0 Å². The molecule has 0 heterocycles. The molecule has 3 heteroatoms. The van der Waals surface area contributed by atoms with E-state index in [1.807, 2.05) is 0 Å². The molecule has 0 aromatic heterocycles. The van der Waals surface area contributed by atoms with Crippen molar-refractivity contribution in [3.63, 3.8) is 0 Å². The molecule has 0 saturated carbocycles. The van der Waals surface area contributed by atoms with Crippen LogP contribution in [0.1, 0.15) is 13.3 Å². The van der Waals surface area contributed by atoms with Gasteiger partial charge in [-0.3, -0.25) is 0 Å². The molecule has 0 aromatic rings. The van der Waals surface area contributed by atoms with Crippen LogP contribution in [0.5, 0.6) is 0 Å². The molecule has 0 bridgehead atoms. The third kappa shape index (κ3) is 5.88. The van der Waals surface area contributed by atoms with Crippen LogP contribution in [0.3, 0.4) is 0 Å². The van der Waals surface area contributed by atoms with Gasteiger partial charge < -0.3 is 15.9 Å². The molecule has 1 unspecified atom stereocenters. The zero-order chi connectivity index (χ0) is 5.86. The van der Waals surface area contributed by atoms with E-state index in [1.165, 1.54) is 0 Å². The lowest BCUT2D eigenvalue weighted by Crippen LogP contribution is -2.23. The largest absolute Gasteiger partial charge is 0.393 e. The zero-order valence-electron chi connectivity index (χ0n) is 4.33. The minimum absolute atomic E-state index is 0.250. The van der Waals surface area contributed by atoms with E-state index in [9.17, 15) is 0 Å². The highest BCUT2D eigenvalue weighted by molar-refractivity contribution is 4.49. The average molecular weight is 105 g/mol. The molecular formula is C4H11NO2. The Kier molecular flexibility index (Phi) is 2.91. The first-order chi connectivity index (χ1) is 3.13. The maximum atomic E-state index is 8.48. The molecule has 3 nitrogen and oxygen atoms in total. The standard InChI is InChI=1S/C4H11NO2/c1-3(6)2-4(5)7/h3-4,6-7H,2,5H2,1H3/t3-,4?/m1/s1. The van der Waals surface area contributed by atoms with Crippen LogP contribution in [0.25, 0.3) is 0 Å². The Hall–Kier alpha value is -0.120. The van der Waals surface area contributed by atoms with Gasteiger partial charge in [-0.05, 0) is 6.92 Å². The number of hydrogen-bond acceptors (Lipinski definition) is 3. The Morgan fingerprint density at radius 1 is 1.57 bits per heavy atom. The van der Waals surface area contributed by atoms with Gasteiger partial charge in [0.05, 0.1) is 6.10 Å². The molecule has 4 N–H and O–H groups in total. The topological polar surface area (TPSA) is 66.5 Å². The third-order valence-corrected chi connectivity index (χ3v) is 0.583. The summed E-state index contributed by atoms with van der Waals surface area (Å²) in [7, 11) is 0. The summed E-state index contributed by atoms with van der Waals surface area (Å²) in [6, 6.07) is 0. The summed E-state index contributed by atoms with van der Waals surface area (Å²) in [4.78, 5) is 0. The van der Waals surface area contributed by atoms with E-state index in [1.54, 1.807) is 6.92 Å².